The van der Waals surface area contributed by atoms with E-state index in [1.54, 1.807) is 0 Å². The van der Waals surface area contributed by atoms with Gasteiger partial charge in [0.15, 0.2) is 0 Å². The molecule has 0 radical (unpaired) electrons. The van der Waals surface area contributed by atoms with Gasteiger partial charge >= 0.3 is 6.03 Å². The number of aliphatic hydroxyl groups excluding tert-OH is 1. The van der Waals surface area contributed by atoms with E-state index < -0.39 is 0 Å². The largest absolute Gasteiger partial charge is 0.394 e. The highest BCUT2D eigenvalue weighted by atomic mass is 32.1. The summed E-state index contributed by atoms with van der Waals surface area (Å²) >= 11 is 1.38. The van der Waals surface area contributed by atoms with Gasteiger partial charge in [-0.15, -0.1) is 10.2 Å². The molecule has 0 aliphatic rings. The van der Waals surface area contributed by atoms with Crippen molar-refractivity contribution in [3.05, 3.63) is 5.01 Å². The van der Waals surface area contributed by atoms with Gasteiger partial charge in [-0.25, -0.2) is 4.79 Å². The lowest BCUT2D eigenvalue weighted by atomic mass is 10.1. The smallest absolute Gasteiger partial charge is 0.321 e. The van der Waals surface area contributed by atoms with Gasteiger partial charge < -0.3 is 10.4 Å². The molecule has 0 bridgehead atoms. The summed E-state index contributed by atoms with van der Waals surface area (Å²) in [6.07, 6.45) is 1.54. The number of hydrogen-bond acceptors (Lipinski definition) is 5. The highest BCUT2D eigenvalue weighted by Crippen LogP contribution is 2.17. The third-order valence-electron chi connectivity index (χ3n) is 2.32. The van der Waals surface area contributed by atoms with Crippen LogP contribution in [-0.4, -0.2) is 34.0 Å². The molecule has 0 saturated carbocycles. The Morgan fingerprint density at radius 1 is 1.44 bits per heavy atom. The molecule has 6 nitrogen and oxygen atoms in total. The number of nitrogens with zero attached hydrogens (tertiary/aromatic N) is 2. The van der Waals surface area contributed by atoms with Crippen molar-refractivity contribution in [1.29, 1.82) is 0 Å². The Bertz CT molecular complexity index is 377. The van der Waals surface area contributed by atoms with Gasteiger partial charge in [0.1, 0.15) is 5.01 Å². The number of anilines is 1. The number of carbonyl (C=O) groups is 1. The molecule has 102 valence electrons. The Morgan fingerprint density at radius 3 is 2.72 bits per heavy atom. The van der Waals surface area contributed by atoms with Gasteiger partial charge in [-0.2, -0.15) is 0 Å². The summed E-state index contributed by atoms with van der Waals surface area (Å²) in [6.45, 7) is 6.04. The van der Waals surface area contributed by atoms with E-state index in [9.17, 15) is 4.79 Å². The van der Waals surface area contributed by atoms with Crippen LogP contribution in [0, 0.1) is 5.92 Å². The van der Waals surface area contributed by atoms with Gasteiger partial charge in [0.2, 0.25) is 5.13 Å². The van der Waals surface area contributed by atoms with E-state index in [0.29, 0.717) is 17.5 Å². The molecule has 0 spiro atoms. The van der Waals surface area contributed by atoms with Crippen molar-refractivity contribution >= 4 is 22.5 Å². The van der Waals surface area contributed by atoms with Crippen LogP contribution >= 0.6 is 11.3 Å². The van der Waals surface area contributed by atoms with Crippen molar-refractivity contribution in [3.8, 4) is 0 Å². The van der Waals surface area contributed by atoms with Crippen LogP contribution in [0.2, 0.25) is 0 Å². The molecular weight excluding hydrogens is 252 g/mol. The second-order valence-corrected chi connectivity index (χ2v) is 5.55. The summed E-state index contributed by atoms with van der Waals surface area (Å²) in [4.78, 5) is 11.6. The number of rotatable bonds is 6. The Kier molecular flexibility index (Phi) is 6.00. The number of nitrogens with one attached hydrogen (secondary N) is 2. The van der Waals surface area contributed by atoms with Gasteiger partial charge in [0, 0.05) is 6.42 Å². The van der Waals surface area contributed by atoms with Crippen molar-refractivity contribution in [2.24, 2.45) is 5.92 Å². The van der Waals surface area contributed by atoms with E-state index in [1.165, 1.54) is 11.3 Å². The quantitative estimate of drug-likeness (QED) is 0.734. The highest BCUT2D eigenvalue weighted by molar-refractivity contribution is 7.15. The summed E-state index contributed by atoms with van der Waals surface area (Å²) < 4.78 is 0. The van der Waals surface area contributed by atoms with Gasteiger partial charge in [-0.1, -0.05) is 32.1 Å². The summed E-state index contributed by atoms with van der Waals surface area (Å²) in [5, 5.41) is 23.6. The van der Waals surface area contributed by atoms with Crippen LogP contribution in [-0.2, 0) is 6.42 Å². The lowest BCUT2D eigenvalue weighted by Crippen LogP contribution is -2.39. The second-order valence-electron chi connectivity index (χ2n) is 4.49. The van der Waals surface area contributed by atoms with E-state index in [2.05, 4.69) is 34.7 Å². The fraction of sp³-hybridized carbons (Fsp3) is 0.727. The standard InChI is InChI=1S/C11H20N4O2S/c1-4-8(6-16)12-10(17)13-11-15-14-9(18-11)5-7(2)3/h7-8,16H,4-6H2,1-3H3,(H2,12,13,15,17). The van der Waals surface area contributed by atoms with Gasteiger partial charge in [-0.3, -0.25) is 5.32 Å². The fourth-order valence-corrected chi connectivity index (χ4v) is 2.28. The molecule has 3 N–H and O–H groups in total. The highest BCUT2D eigenvalue weighted by Gasteiger charge is 2.12. The first kappa shape index (κ1) is 14.8. The van der Waals surface area contributed by atoms with Crippen molar-refractivity contribution in [3.63, 3.8) is 0 Å². The molecule has 0 aromatic carbocycles. The van der Waals surface area contributed by atoms with Crippen LogP contribution in [0.15, 0.2) is 0 Å². The van der Waals surface area contributed by atoms with E-state index in [1.807, 2.05) is 6.92 Å². The Balaban J connectivity index is 2.46. The first-order chi connectivity index (χ1) is 8.55. The van der Waals surface area contributed by atoms with Crippen LogP contribution in [0.3, 0.4) is 0 Å². The summed E-state index contributed by atoms with van der Waals surface area (Å²) in [5.41, 5.74) is 0. The van der Waals surface area contributed by atoms with E-state index >= 15 is 0 Å². The second kappa shape index (κ2) is 7.27. The number of urea groups is 1. The van der Waals surface area contributed by atoms with E-state index in [4.69, 9.17) is 5.11 Å². The predicted octanol–water partition coefficient (Wildman–Crippen LogP) is 1.63. The molecule has 1 heterocycles. The minimum absolute atomic E-state index is 0.0708. The number of aliphatic hydroxyl groups is 1. The molecule has 0 saturated heterocycles. The summed E-state index contributed by atoms with van der Waals surface area (Å²) in [5.74, 6) is 0.512. The van der Waals surface area contributed by atoms with Crippen LogP contribution in [0.25, 0.3) is 0 Å². The number of carbonyl (C=O) groups excluding carboxylic acids is 1. The zero-order valence-corrected chi connectivity index (χ0v) is 11.8. The topological polar surface area (TPSA) is 87.1 Å². The maximum Gasteiger partial charge on any atom is 0.321 e. The SMILES string of the molecule is CCC(CO)NC(=O)Nc1nnc(CC(C)C)s1. The number of hydrogen-bond donors (Lipinski definition) is 3. The molecule has 1 unspecified atom stereocenters. The third kappa shape index (κ3) is 4.97. The van der Waals surface area contributed by atoms with Crippen LogP contribution in [0.5, 0.6) is 0 Å². The molecule has 1 aromatic rings. The van der Waals surface area contributed by atoms with Crippen molar-refractivity contribution in [2.45, 2.75) is 39.7 Å². The first-order valence-electron chi connectivity index (χ1n) is 6.05. The lowest BCUT2D eigenvalue weighted by molar-refractivity contribution is 0.222. The van der Waals surface area contributed by atoms with Gasteiger partial charge in [0.25, 0.3) is 0 Å². The third-order valence-corrected chi connectivity index (χ3v) is 3.18. The zero-order valence-electron chi connectivity index (χ0n) is 10.9. The molecule has 1 atom stereocenters. The van der Waals surface area contributed by atoms with Gasteiger partial charge in [0.05, 0.1) is 12.6 Å². The fourth-order valence-electron chi connectivity index (χ4n) is 1.33. The molecule has 18 heavy (non-hydrogen) atoms. The monoisotopic (exact) mass is 272 g/mol. The maximum absolute atomic E-state index is 11.6. The number of aromatic nitrogens is 2. The average Bonchev–Trinajstić information content (AvgIpc) is 2.72. The Hall–Kier alpha value is -1.21. The van der Waals surface area contributed by atoms with Crippen molar-refractivity contribution in [2.75, 3.05) is 11.9 Å². The van der Waals surface area contributed by atoms with Crippen LogP contribution < -0.4 is 10.6 Å². The predicted molar refractivity (Wildman–Crippen MR) is 71.8 cm³/mol. The molecule has 0 aliphatic carbocycles. The first-order valence-corrected chi connectivity index (χ1v) is 6.87. The van der Waals surface area contributed by atoms with Crippen molar-refractivity contribution < 1.29 is 9.90 Å². The molecule has 1 aromatic heterocycles. The Morgan fingerprint density at radius 2 is 2.17 bits per heavy atom. The number of amides is 2. The molecule has 7 heteroatoms. The average molecular weight is 272 g/mol. The van der Waals surface area contributed by atoms with Crippen LogP contribution in [0.4, 0.5) is 9.93 Å². The molecule has 2 amide bonds. The minimum Gasteiger partial charge on any atom is -0.394 e. The van der Waals surface area contributed by atoms with E-state index in [-0.39, 0.29) is 18.7 Å². The summed E-state index contributed by atoms with van der Waals surface area (Å²) in [7, 11) is 0. The van der Waals surface area contributed by atoms with E-state index in [0.717, 1.165) is 11.4 Å². The van der Waals surface area contributed by atoms with Crippen molar-refractivity contribution in [1.82, 2.24) is 15.5 Å². The molecular formula is C11H20N4O2S. The zero-order chi connectivity index (χ0) is 13.5. The Labute approximate surface area is 111 Å². The normalized spacial score (nSPS) is 12.5. The molecule has 0 fully saturated rings. The van der Waals surface area contributed by atoms with Crippen LogP contribution in [0.1, 0.15) is 32.2 Å². The summed E-state index contributed by atoms with van der Waals surface area (Å²) in [6, 6.07) is -0.587. The maximum atomic E-state index is 11.6. The molecule has 0 aliphatic heterocycles. The minimum atomic E-state index is -0.358. The van der Waals surface area contributed by atoms with Gasteiger partial charge in [-0.05, 0) is 12.3 Å². The molecule has 1 rings (SSSR count). The lowest BCUT2D eigenvalue weighted by Gasteiger charge is -2.13.